The number of rotatable bonds is 3. The van der Waals surface area contributed by atoms with E-state index in [1.807, 2.05) is 0 Å². The van der Waals surface area contributed by atoms with Crippen molar-refractivity contribution in [2.24, 2.45) is 0 Å². The highest BCUT2D eigenvalue weighted by Crippen LogP contribution is 2.42. The molecule has 0 aromatic heterocycles. The zero-order chi connectivity index (χ0) is 15.7. The van der Waals surface area contributed by atoms with E-state index >= 15 is 0 Å². The number of carboxylic acids is 1. The van der Waals surface area contributed by atoms with E-state index in [9.17, 15) is 9.59 Å². The van der Waals surface area contributed by atoms with Gasteiger partial charge in [0.05, 0.1) is 17.2 Å². The molecule has 0 fully saturated rings. The lowest BCUT2D eigenvalue weighted by Crippen LogP contribution is -2.37. The standard InChI is InChI=1S/C13H11Cl2NO5/c1-21-9-3-2-7(14)11(15)10(9)6-4-8(12(17)18)16(5-6)13(19)20/h2-3,5,8H,4H2,1H3,(H,17,18)(H,19,20). The maximum atomic E-state index is 11.2. The van der Waals surface area contributed by atoms with Crippen LogP contribution in [0.4, 0.5) is 4.79 Å². The van der Waals surface area contributed by atoms with Crippen molar-refractivity contribution in [3.05, 3.63) is 33.9 Å². The van der Waals surface area contributed by atoms with E-state index in [1.54, 1.807) is 12.1 Å². The Morgan fingerprint density at radius 2 is 2.00 bits per heavy atom. The van der Waals surface area contributed by atoms with E-state index in [2.05, 4.69) is 0 Å². The molecule has 0 saturated carbocycles. The molecule has 1 aliphatic heterocycles. The van der Waals surface area contributed by atoms with Crippen LogP contribution < -0.4 is 4.74 Å². The minimum Gasteiger partial charge on any atom is -0.496 e. The average Bonchev–Trinajstić information content (AvgIpc) is 2.86. The number of ether oxygens (including phenoxy) is 1. The predicted octanol–water partition coefficient (Wildman–Crippen LogP) is 3.18. The normalized spacial score (nSPS) is 17.6. The van der Waals surface area contributed by atoms with E-state index in [0.29, 0.717) is 16.9 Å². The lowest BCUT2D eigenvalue weighted by atomic mass is 10.0. The molecule has 0 aliphatic carbocycles. The first kappa shape index (κ1) is 15.5. The number of methoxy groups -OCH3 is 1. The van der Waals surface area contributed by atoms with E-state index in [0.717, 1.165) is 4.90 Å². The summed E-state index contributed by atoms with van der Waals surface area (Å²) in [5.74, 6) is -0.840. The van der Waals surface area contributed by atoms with Gasteiger partial charge >= 0.3 is 12.1 Å². The highest BCUT2D eigenvalue weighted by Gasteiger charge is 2.36. The molecule has 112 valence electrons. The number of amides is 1. The van der Waals surface area contributed by atoms with Crippen LogP contribution in [0.25, 0.3) is 5.57 Å². The number of carbonyl (C=O) groups is 2. The zero-order valence-corrected chi connectivity index (χ0v) is 12.4. The first-order chi connectivity index (χ1) is 9.86. The van der Waals surface area contributed by atoms with Crippen LogP contribution in [0.15, 0.2) is 18.3 Å². The smallest absolute Gasteiger partial charge is 0.412 e. The lowest BCUT2D eigenvalue weighted by molar-refractivity contribution is -0.141. The van der Waals surface area contributed by atoms with E-state index in [1.165, 1.54) is 13.3 Å². The van der Waals surface area contributed by atoms with Gasteiger partial charge in [-0.2, -0.15) is 0 Å². The number of halogens is 2. The van der Waals surface area contributed by atoms with Crippen LogP contribution >= 0.6 is 23.2 Å². The molecule has 2 rings (SSSR count). The van der Waals surface area contributed by atoms with Gasteiger partial charge in [0, 0.05) is 18.2 Å². The van der Waals surface area contributed by atoms with Gasteiger partial charge in [-0.25, -0.2) is 9.59 Å². The fourth-order valence-corrected chi connectivity index (χ4v) is 2.62. The Hall–Kier alpha value is -1.92. The van der Waals surface area contributed by atoms with Crippen molar-refractivity contribution < 1.29 is 24.5 Å². The van der Waals surface area contributed by atoms with Gasteiger partial charge in [0.2, 0.25) is 0 Å². The monoisotopic (exact) mass is 331 g/mol. The Kier molecular flexibility index (Phi) is 4.29. The molecular weight excluding hydrogens is 321 g/mol. The summed E-state index contributed by atoms with van der Waals surface area (Å²) in [6, 6.07) is 1.94. The van der Waals surface area contributed by atoms with E-state index in [4.69, 9.17) is 38.2 Å². The highest BCUT2D eigenvalue weighted by molar-refractivity contribution is 6.43. The van der Waals surface area contributed by atoms with Crippen LogP contribution in [-0.4, -0.2) is 40.3 Å². The number of carboxylic acid groups (broad SMARTS) is 2. The number of aliphatic carboxylic acids is 1. The topological polar surface area (TPSA) is 87.1 Å². The molecule has 1 aliphatic rings. The Morgan fingerprint density at radius 3 is 2.48 bits per heavy atom. The van der Waals surface area contributed by atoms with Crippen molar-refractivity contribution in [3.63, 3.8) is 0 Å². The molecule has 1 amide bonds. The maximum absolute atomic E-state index is 11.2. The van der Waals surface area contributed by atoms with Crippen molar-refractivity contribution >= 4 is 40.8 Å². The van der Waals surface area contributed by atoms with Crippen LogP contribution in [0.5, 0.6) is 5.75 Å². The Balaban J connectivity index is 2.53. The van der Waals surface area contributed by atoms with Crippen molar-refractivity contribution in [2.75, 3.05) is 7.11 Å². The molecule has 1 aromatic carbocycles. The number of nitrogens with zero attached hydrogens (tertiary/aromatic N) is 1. The number of hydrogen-bond donors (Lipinski definition) is 2. The molecule has 6 nitrogen and oxygen atoms in total. The van der Waals surface area contributed by atoms with Crippen molar-refractivity contribution in [1.29, 1.82) is 0 Å². The van der Waals surface area contributed by atoms with Gasteiger partial charge in [0.15, 0.2) is 0 Å². The summed E-state index contributed by atoms with van der Waals surface area (Å²) in [5.41, 5.74) is 0.843. The quantitative estimate of drug-likeness (QED) is 0.888. The third kappa shape index (κ3) is 2.77. The largest absolute Gasteiger partial charge is 0.496 e. The van der Waals surface area contributed by atoms with Gasteiger partial charge < -0.3 is 14.9 Å². The van der Waals surface area contributed by atoms with Crippen LogP contribution in [0.1, 0.15) is 12.0 Å². The minimum atomic E-state index is -1.35. The van der Waals surface area contributed by atoms with Gasteiger partial charge in [-0.05, 0) is 17.7 Å². The van der Waals surface area contributed by atoms with Crippen LogP contribution in [0, 0.1) is 0 Å². The summed E-state index contributed by atoms with van der Waals surface area (Å²) in [4.78, 5) is 23.0. The highest BCUT2D eigenvalue weighted by atomic mass is 35.5. The van der Waals surface area contributed by atoms with Crippen LogP contribution in [-0.2, 0) is 4.79 Å². The zero-order valence-electron chi connectivity index (χ0n) is 10.8. The van der Waals surface area contributed by atoms with Crippen LogP contribution in [0.3, 0.4) is 0 Å². The van der Waals surface area contributed by atoms with E-state index < -0.39 is 18.1 Å². The fourth-order valence-electron chi connectivity index (χ4n) is 2.18. The van der Waals surface area contributed by atoms with Crippen LogP contribution in [0.2, 0.25) is 10.0 Å². The van der Waals surface area contributed by atoms with Crippen molar-refractivity contribution in [3.8, 4) is 5.75 Å². The molecule has 1 unspecified atom stereocenters. The summed E-state index contributed by atoms with van der Waals surface area (Å²) >= 11 is 12.1. The lowest BCUT2D eigenvalue weighted by Gasteiger charge is -2.15. The van der Waals surface area contributed by atoms with E-state index in [-0.39, 0.29) is 16.5 Å². The number of benzene rings is 1. The minimum absolute atomic E-state index is 0.0158. The molecule has 8 heteroatoms. The second-order valence-corrected chi connectivity index (χ2v) is 5.13. The molecule has 0 radical (unpaired) electrons. The molecule has 21 heavy (non-hydrogen) atoms. The van der Waals surface area contributed by atoms with Gasteiger partial charge in [0.1, 0.15) is 11.8 Å². The molecule has 1 atom stereocenters. The van der Waals surface area contributed by atoms with Crippen molar-refractivity contribution in [1.82, 2.24) is 4.90 Å². The first-order valence-corrected chi connectivity index (χ1v) is 6.59. The summed E-state index contributed by atoms with van der Waals surface area (Å²) in [6.07, 6.45) is -0.131. The van der Waals surface area contributed by atoms with Crippen molar-refractivity contribution in [2.45, 2.75) is 12.5 Å². The first-order valence-electron chi connectivity index (χ1n) is 5.84. The van der Waals surface area contributed by atoms with Gasteiger partial charge in [-0.15, -0.1) is 0 Å². The Labute approximate surface area is 130 Å². The van der Waals surface area contributed by atoms with Gasteiger partial charge in [0.25, 0.3) is 0 Å². The molecule has 1 aromatic rings. The Morgan fingerprint density at radius 1 is 1.33 bits per heavy atom. The summed E-state index contributed by atoms with van der Waals surface area (Å²) in [7, 11) is 1.43. The summed E-state index contributed by atoms with van der Waals surface area (Å²) < 4.78 is 5.19. The molecule has 0 spiro atoms. The number of hydrogen-bond acceptors (Lipinski definition) is 3. The third-order valence-corrected chi connectivity index (χ3v) is 3.95. The molecule has 2 N–H and O–H groups in total. The van der Waals surface area contributed by atoms with Gasteiger partial charge in [-0.3, -0.25) is 4.90 Å². The molecule has 1 heterocycles. The fraction of sp³-hybridized carbons (Fsp3) is 0.231. The summed E-state index contributed by atoms with van der Waals surface area (Å²) in [6.45, 7) is 0. The summed E-state index contributed by atoms with van der Waals surface area (Å²) in [5, 5.41) is 18.7. The predicted molar refractivity (Wildman–Crippen MR) is 76.9 cm³/mol. The molecular formula is C13H11Cl2NO5. The third-order valence-electron chi connectivity index (χ3n) is 3.15. The van der Waals surface area contributed by atoms with Gasteiger partial charge in [-0.1, -0.05) is 23.2 Å². The molecule has 0 saturated heterocycles. The second-order valence-electron chi connectivity index (χ2n) is 4.34. The molecule has 0 bridgehead atoms. The second kappa shape index (κ2) is 5.83. The SMILES string of the molecule is COc1ccc(Cl)c(Cl)c1C1=CN(C(=O)O)C(C(=O)O)C1. The average molecular weight is 332 g/mol. The maximum Gasteiger partial charge on any atom is 0.412 e. The Bertz CT molecular complexity index is 644.